The summed E-state index contributed by atoms with van der Waals surface area (Å²) in [5.74, 6) is 3.74. The van der Waals surface area contributed by atoms with Gasteiger partial charge in [-0.05, 0) is 80.0 Å². The van der Waals surface area contributed by atoms with Crippen LogP contribution in [0.2, 0.25) is 0 Å². The summed E-state index contributed by atoms with van der Waals surface area (Å²) in [6.07, 6.45) is 12.6. The van der Waals surface area contributed by atoms with Crippen LogP contribution in [-0.2, 0) is 0 Å². The molecule has 0 saturated heterocycles. The number of hydrogen-bond acceptors (Lipinski definition) is 3. The minimum atomic E-state index is -0.129. The first kappa shape index (κ1) is 17.7. The number of nitrogens with zero attached hydrogens (tertiary/aromatic N) is 1. The molecule has 2 fully saturated rings. The first-order valence-corrected chi connectivity index (χ1v) is 10.8. The Labute approximate surface area is 163 Å². The van der Waals surface area contributed by atoms with E-state index in [0.29, 0.717) is 17.3 Å². The van der Waals surface area contributed by atoms with E-state index < -0.39 is 0 Å². The summed E-state index contributed by atoms with van der Waals surface area (Å²) in [5.41, 5.74) is 4.99. The van der Waals surface area contributed by atoms with Crippen LogP contribution in [0.25, 0.3) is 5.57 Å². The van der Waals surface area contributed by atoms with Gasteiger partial charge in [0.2, 0.25) is 0 Å². The van der Waals surface area contributed by atoms with Crippen molar-refractivity contribution < 1.29 is 9.52 Å². The highest BCUT2D eigenvalue weighted by Crippen LogP contribution is 2.68. The highest BCUT2D eigenvalue weighted by Gasteiger charge is 2.59. The number of aliphatic hydroxyl groups is 1. The third kappa shape index (κ3) is 2.33. The molecule has 0 amide bonds. The maximum absolute atomic E-state index is 10.2. The van der Waals surface area contributed by atoms with Gasteiger partial charge in [-0.2, -0.15) is 0 Å². The topological polar surface area (TPSA) is 46.3 Å². The molecule has 1 N–H and O–H groups in total. The lowest BCUT2D eigenvalue weighted by Crippen LogP contribution is -2.52. The molecule has 1 aromatic rings. The van der Waals surface area contributed by atoms with Gasteiger partial charge in [-0.15, -0.1) is 0 Å². The normalized spacial score (nSPS) is 46.6. The summed E-state index contributed by atoms with van der Waals surface area (Å²) in [5, 5.41) is 10.2. The molecule has 0 spiro atoms. The second-order valence-corrected chi connectivity index (χ2v) is 10.3. The van der Waals surface area contributed by atoms with Gasteiger partial charge in [0.25, 0.3) is 0 Å². The molecule has 4 aliphatic rings. The Morgan fingerprint density at radius 1 is 1.11 bits per heavy atom. The molecular formula is C24H33NO2. The van der Waals surface area contributed by atoms with Crippen LogP contribution < -0.4 is 0 Å². The molecule has 4 aliphatic carbocycles. The van der Waals surface area contributed by atoms with Crippen LogP contribution >= 0.6 is 0 Å². The minimum absolute atomic E-state index is 0.129. The van der Waals surface area contributed by atoms with E-state index in [1.807, 2.05) is 6.20 Å². The third-order valence-corrected chi connectivity index (χ3v) is 9.00. The number of aromatic nitrogens is 1. The molecule has 146 valence electrons. The second-order valence-electron chi connectivity index (χ2n) is 10.3. The molecule has 3 nitrogen and oxygen atoms in total. The van der Waals surface area contributed by atoms with Crippen molar-refractivity contribution in [1.82, 2.24) is 4.98 Å². The van der Waals surface area contributed by atoms with Gasteiger partial charge in [-0.3, -0.25) is 0 Å². The van der Waals surface area contributed by atoms with Gasteiger partial charge in [0.15, 0.2) is 12.2 Å². The van der Waals surface area contributed by atoms with Gasteiger partial charge in [0.1, 0.15) is 0 Å². The highest BCUT2D eigenvalue weighted by molar-refractivity contribution is 5.72. The van der Waals surface area contributed by atoms with Gasteiger partial charge in [-0.25, -0.2) is 4.98 Å². The lowest BCUT2D eigenvalue weighted by Gasteiger charge is -2.59. The molecule has 3 heteroatoms. The van der Waals surface area contributed by atoms with Crippen molar-refractivity contribution >= 4 is 5.57 Å². The molecule has 2 saturated carbocycles. The Bertz CT molecular complexity index is 806. The van der Waals surface area contributed by atoms with Crippen LogP contribution in [0.4, 0.5) is 0 Å². The summed E-state index contributed by atoms with van der Waals surface area (Å²) in [6, 6.07) is 0. The maximum atomic E-state index is 10.2. The molecule has 27 heavy (non-hydrogen) atoms. The van der Waals surface area contributed by atoms with E-state index in [1.54, 1.807) is 12.0 Å². The lowest BCUT2D eigenvalue weighted by atomic mass is 9.45. The van der Waals surface area contributed by atoms with E-state index in [2.05, 4.69) is 38.8 Å². The van der Waals surface area contributed by atoms with Crippen LogP contribution in [-0.4, -0.2) is 16.2 Å². The quantitative estimate of drug-likeness (QED) is 0.655. The van der Waals surface area contributed by atoms with Gasteiger partial charge in [0.05, 0.1) is 12.3 Å². The summed E-state index contributed by atoms with van der Waals surface area (Å²) in [6.45, 7) is 9.73. The second kappa shape index (κ2) is 5.83. The van der Waals surface area contributed by atoms with Gasteiger partial charge in [-0.1, -0.05) is 38.0 Å². The molecule has 1 heterocycles. The number of allylic oxidation sites excluding steroid dienone is 3. The van der Waals surface area contributed by atoms with E-state index >= 15 is 0 Å². The summed E-state index contributed by atoms with van der Waals surface area (Å²) in [4.78, 5) is 4.20. The Hall–Kier alpha value is -1.35. The zero-order valence-electron chi connectivity index (χ0n) is 17.2. The zero-order valence-corrected chi connectivity index (χ0v) is 17.2. The van der Waals surface area contributed by atoms with Crippen LogP contribution in [0.5, 0.6) is 0 Å². The van der Waals surface area contributed by atoms with Crippen LogP contribution in [0, 0.1) is 34.5 Å². The predicted molar refractivity (Wildman–Crippen MR) is 107 cm³/mol. The number of hydrogen-bond donors (Lipinski definition) is 1. The van der Waals surface area contributed by atoms with Crippen LogP contribution in [0.3, 0.4) is 0 Å². The van der Waals surface area contributed by atoms with Gasteiger partial charge in [0, 0.05) is 5.57 Å². The van der Waals surface area contributed by atoms with Crippen molar-refractivity contribution in [2.45, 2.75) is 72.3 Å². The fraction of sp³-hybridized carbons (Fsp3) is 0.708. The number of aliphatic hydroxyl groups excluding tert-OH is 1. The van der Waals surface area contributed by atoms with E-state index in [4.69, 9.17) is 4.42 Å². The number of fused-ring (bicyclic) bond motifs is 5. The SMILES string of the molecule is CC1=C(c2cnco2)[C@@]2(C)CC[C@@H]3[C@@H](C(C)C=C4CC(O)CC[C@@]43C)[C@@H]2C1. The molecule has 0 aliphatic heterocycles. The minimum Gasteiger partial charge on any atom is -0.444 e. The highest BCUT2D eigenvalue weighted by atomic mass is 16.3. The molecular weight excluding hydrogens is 334 g/mol. The predicted octanol–water partition coefficient (Wildman–Crippen LogP) is 5.63. The van der Waals surface area contributed by atoms with E-state index in [1.165, 1.54) is 30.4 Å². The zero-order chi connectivity index (χ0) is 19.0. The standard InChI is InChI=1S/C24H33NO2/c1-14-9-16-11-17(26)5-7-23(16,3)18-6-8-24(4)19(21(14)18)10-15(2)22(24)20-12-25-13-27-20/h9,12-14,17-19,21,26H,5-8,10-11H2,1-4H3/t14?,17?,18-,19+,21-,23+,24+/m1/s1. The number of rotatable bonds is 1. The summed E-state index contributed by atoms with van der Waals surface area (Å²) >= 11 is 0. The van der Waals surface area contributed by atoms with Crippen molar-refractivity contribution in [3.8, 4) is 0 Å². The van der Waals surface area contributed by atoms with E-state index in [-0.39, 0.29) is 11.5 Å². The van der Waals surface area contributed by atoms with Crippen LogP contribution in [0.1, 0.15) is 72.0 Å². The lowest BCUT2D eigenvalue weighted by molar-refractivity contribution is -0.0431. The van der Waals surface area contributed by atoms with Gasteiger partial charge >= 0.3 is 0 Å². The smallest absolute Gasteiger partial charge is 0.181 e. The fourth-order valence-corrected chi connectivity index (χ4v) is 7.76. The Morgan fingerprint density at radius 2 is 1.89 bits per heavy atom. The summed E-state index contributed by atoms with van der Waals surface area (Å²) in [7, 11) is 0. The third-order valence-electron chi connectivity index (χ3n) is 9.00. The molecule has 0 radical (unpaired) electrons. The molecule has 0 aromatic carbocycles. The van der Waals surface area contributed by atoms with Crippen LogP contribution in [0.15, 0.2) is 34.2 Å². The van der Waals surface area contributed by atoms with E-state index in [9.17, 15) is 5.11 Å². The first-order chi connectivity index (χ1) is 12.8. The first-order valence-electron chi connectivity index (χ1n) is 10.8. The van der Waals surface area contributed by atoms with Crippen molar-refractivity contribution in [3.05, 3.63) is 35.6 Å². The van der Waals surface area contributed by atoms with Crippen molar-refractivity contribution in [2.24, 2.45) is 34.5 Å². The van der Waals surface area contributed by atoms with Crippen molar-refractivity contribution in [2.75, 3.05) is 0 Å². The molecule has 1 aromatic heterocycles. The maximum Gasteiger partial charge on any atom is 0.181 e. The largest absolute Gasteiger partial charge is 0.444 e. The fourth-order valence-electron chi connectivity index (χ4n) is 7.76. The Kier molecular flexibility index (Phi) is 3.82. The monoisotopic (exact) mass is 367 g/mol. The average Bonchev–Trinajstić information content (AvgIpc) is 3.21. The average molecular weight is 368 g/mol. The van der Waals surface area contributed by atoms with Crippen molar-refractivity contribution in [1.29, 1.82) is 0 Å². The Morgan fingerprint density at radius 3 is 2.63 bits per heavy atom. The van der Waals surface area contributed by atoms with Crippen molar-refractivity contribution in [3.63, 3.8) is 0 Å². The number of oxazole rings is 1. The molecule has 2 unspecified atom stereocenters. The van der Waals surface area contributed by atoms with E-state index in [0.717, 1.165) is 36.9 Å². The molecule has 0 bridgehead atoms. The van der Waals surface area contributed by atoms with Gasteiger partial charge < -0.3 is 9.52 Å². The Balaban J connectivity index is 1.55. The molecule has 7 atom stereocenters. The molecule has 5 rings (SSSR count). The summed E-state index contributed by atoms with van der Waals surface area (Å²) < 4.78 is 5.77.